The molecule has 4 heterocycles. The summed E-state index contributed by atoms with van der Waals surface area (Å²) in [5.41, 5.74) is 6.25. The van der Waals surface area contributed by atoms with Gasteiger partial charge in [0.2, 0.25) is 0 Å². The van der Waals surface area contributed by atoms with Crippen LogP contribution < -0.4 is 14.9 Å². The smallest absolute Gasteiger partial charge is 0.338 e. The molecule has 0 radical (unpaired) electrons. The average Bonchev–Trinajstić information content (AvgIpc) is 3.53. The fraction of sp³-hybridized carbons (Fsp3) is 0.250. The normalized spacial score (nSPS) is 15.7. The van der Waals surface area contributed by atoms with Gasteiger partial charge in [-0.1, -0.05) is 29.5 Å². The zero-order chi connectivity index (χ0) is 25.6. The van der Waals surface area contributed by atoms with Crippen LogP contribution in [0.4, 0.5) is 0 Å². The molecule has 0 amide bonds. The van der Waals surface area contributed by atoms with Crippen molar-refractivity contribution in [3.05, 3.63) is 106 Å². The number of thiophene rings is 1. The number of carbonyl (C=O) groups excluding carboxylic acids is 1. The van der Waals surface area contributed by atoms with Gasteiger partial charge in [0, 0.05) is 22.0 Å². The molecule has 0 spiro atoms. The Hall–Kier alpha value is -3.49. The summed E-state index contributed by atoms with van der Waals surface area (Å²) in [7, 11) is 0. The Morgan fingerprint density at radius 1 is 1.14 bits per heavy atom. The lowest BCUT2D eigenvalue weighted by atomic mass is 10.0. The predicted molar refractivity (Wildman–Crippen MR) is 145 cm³/mol. The number of allylic oxidation sites excluding steroid dienone is 1. The third-order valence-electron chi connectivity index (χ3n) is 6.35. The fourth-order valence-electron chi connectivity index (χ4n) is 4.75. The Morgan fingerprint density at radius 3 is 2.64 bits per heavy atom. The summed E-state index contributed by atoms with van der Waals surface area (Å²) in [6.07, 6.45) is 1.94. The molecule has 0 N–H and O–H groups in total. The first-order chi connectivity index (χ1) is 17.3. The highest BCUT2D eigenvalue weighted by molar-refractivity contribution is 7.10. The summed E-state index contributed by atoms with van der Waals surface area (Å²) in [6, 6.07) is 13.8. The Balaban J connectivity index is 1.68. The molecular formula is C28H27N3O3S2. The van der Waals surface area contributed by atoms with Crippen molar-refractivity contribution in [3.63, 3.8) is 0 Å². The number of hydrogen-bond donors (Lipinski definition) is 0. The van der Waals surface area contributed by atoms with Gasteiger partial charge in [0.05, 0.1) is 22.4 Å². The van der Waals surface area contributed by atoms with Crippen molar-refractivity contribution in [1.29, 1.82) is 0 Å². The van der Waals surface area contributed by atoms with Gasteiger partial charge < -0.3 is 9.30 Å². The van der Waals surface area contributed by atoms with Crippen molar-refractivity contribution >= 4 is 34.7 Å². The number of benzene rings is 1. The molecule has 8 heteroatoms. The zero-order valence-electron chi connectivity index (χ0n) is 20.9. The van der Waals surface area contributed by atoms with E-state index in [2.05, 4.69) is 60.7 Å². The van der Waals surface area contributed by atoms with Gasteiger partial charge in [-0.25, -0.2) is 9.79 Å². The van der Waals surface area contributed by atoms with Crippen LogP contribution >= 0.6 is 22.7 Å². The first kappa shape index (κ1) is 24.2. The minimum absolute atomic E-state index is 0.160. The van der Waals surface area contributed by atoms with E-state index in [-0.39, 0.29) is 12.2 Å². The van der Waals surface area contributed by atoms with E-state index in [1.165, 1.54) is 28.2 Å². The molecule has 0 fully saturated rings. The van der Waals surface area contributed by atoms with Crippen molar-refractivity contribution in [2.45, 2.75) is 40.7 Å². The van der Waals surface area contributed by atoms with Crippen LogP contribution in [0.25, 0.3) is 11.8 Å². The standard InChI is InChI=1S/C28H27N3O3S2/c1-6-34-27(33)24-18(4)29-28-31(25(24)22-11-8-12-35-22)26(32)23(36-28)15-20-14-17(3)30(19(20)5)21-10-7-9-16(2)13-21/h7-15,25H,6H2,1-5H3/b23-15+/t25-/m0/s1. The SMILES string of the molecule is CCOC(=O)C1=C(C)N=c2s/c(=C/c3cc(C)n(-c4cccc(C)c4)c3C)c(=O)n2[C@H]1c1cccs1. The number of aryl methyl sites for hydroxylation is 2. The van der Waals surface area contributed by atoms with Crippen molar-refractivity contribution in [2.75, 3.05) is 6.61 Å². The Labute approximate surface area is 217 Å². The molecule has 184 valence electrons. The molecule has 0 saturated carbocycles. The van der Waals surface area contributed by atoms with Gasteiger partial charge in [0.25, 0.3) is 5.56 Å². The molecule has 0 aliphatic carbocycles. The van der Waals surface area contributed by atoms with Gasteiger partial charge in [0.15, 0.2) is 4.80 Å². The Morgan fingerprint density at radius 2 is 1.94 bits per heavy atom. The second-order valence-corrected chi connectivity index (χ2v) is 10.8. The zero-order valence-corrected chi connectivity index (χ0v) is 22.5. The van der Waals surface area contributed by atoms with Gasteiger partial charge >= 0.3 is 5.97 Å². The highest BCUT2D eigenvalue weighted by atomic mass is 32.1. The van der Waals surface area contributed by atoms with Gasteiger partial charge in [-0.3, -0.25) is 9.36 Å². The second kappa shape index (κ2) is 9.52. The molecule has 0 saturated heterocycles. The molecule has 1 aliphatic rings. The van der Waals surface area contributed by atoms with Gasteiger partial charge in [-0.05, 0) is 81.5 Å². The molecule has 0 unspecified atom stereocenters. The number of aromatic nitrogens is 2. The van der Waals surface area contributed by atoms with E-state index in [1.54, 1.807) is 18.4 Å². The predicted octanol–water partition coefficient (Wildman–Crippen LogP) is 4.58. The van der Waals surface area contributed by atoms with E-state index < -0.39 is 12.0 Å². The van der Waals surface area contributed by atoms with Crippen molar-refractivity contribution in [2.24, 2.45) is 4.99 Å². The Bertz CT molecular complexity index is 1680. The molecule has 3 aromatic heterocycles. The number of thiazole rings is 1. The lowest BCUT2D eigenvalue weighted by molar-refractivity contribution is -0.139. The van der Waals surface area contributed by atoms with Crippen molar-refractivity contribution < 1.29 is 9.53 Å². The maximum atomic E-state index is 13.8. The number of carbonyl (C=O) groups is 1. The van der Waals surface area contributed by atoms with Crippen LogP contribution in [0.5, 0.6) is 0 Å². The van der Waals surface area contributed by atoms with E-state index in [0.717, 1.165) is 27.5 Å². The van der Waals surface area contributed by atoms with Gasteiger partial charge in [-0.2, -0.15) is 0 Å². The summed E-state index contributed by atoms with van der Waals surface area (Å²) >= 11 is 2.86. The average molecular weight is 518 g/mol. The van der Waals surface area contributed by atoms with E-state index in [0.29, 0.717) is 20.6 Å². The van der Waals surface area contributed by atoms with Crippen LogP contribution in [-0.2, 0) is 9.53 Å². The molecule has 0 bridgehead atoms. The minimum Gasteiger partial charge on any atom is -0.463 e. The Kier molecular flexibility index (Phi) is 6.40. The maximum Gasteiger partial charge on any atom is 0.338 e. The summed E-state index contributed by atoms with van der Waals surface area (Å²) in [6.45, 7) is 10.1. The second-order valence-electron chi connectivity index (χ2n) is 8.82. The topological polar surface area (TPSA) is 65.6 Å². The van der Waals surface area contributed by atoms with E-state index in [1.807, 2.05) is 23.6 Å². The van der Waals surface area contributed by atoms with Crippen LogP contribution in [0.1, 0.15) is 47.3 Å². The highest BCUT2D eigenvalue weighted by Gasteiger charge is 2.33. The van der Waals surface area contributed by atoms with Crippen LogP contribution in [0.2, 0.25) is 0 Å². The quantitative estimate of drug-likeness (QED) is 0.364. The summed E-state index contributed by atoms with van der Waals surface area (Å²) in [5.74, 6) is -0.437. The molecule has 1 aliphatic heterocycles. The maximum absolute atomic E-state index is 13.8. The fourth-order valence-corrected chi connectivity index (χ4v) is 6.61. The molecular weight excluding hydrogens is 490 g/mol. The number of rotatable bonds is 5. The lowest BCUT2D eigenvalue weighted by Crippen LogP contribution is -2.39. The first-order valence-corrected chi connectivity index (χ1v) is 13.5. The number of hydrogen-bond acceptors (Lipinski definition) is 6. The number of nitrogens with zero attached hydrogens (tertiary/aromatic N) is 3. The van der Waals surface area contributed by atoms with E-state index >= 15 is 0 Å². The first-order valence-electron chi connectivity index (χ1n) is 11.8. The summed E-state index contributed by atoms with van der Waals surface area (Å²) in [5, 5.41) is 1.95. The molecule has 36 heavy (non-hydrogen) atoms. The molecule has 1 atom stereocenters. The molecule has 4 aromatic rings. The van der Waals surface area contributed by atoms with E-state index in [9.17, 15) is 9.59 Å². The van der Waals surface area contributed by atoms with Gasteiger partial charge in [-0.15, -0.1) is 11.3 Å². The van der Waals surface area contributed by atoms with Crippen molar-refractivity contribution in [1.82, 2.24) is 9.13 Å². The third-order valence-corrected chi connectivity index (χ3v) is 8.25. The van der Waals surface area contributed by atoms with Crippen LogP contribution in [-0.4, -0.2) is 21.7 Å². The minimum atomic E-state index is -0.554. The van der Waals surface area contributed by atoms with Crippen LogP contribution in [0, 0.1) is 20.8 Å². The van der Waals surface area contributed by atoms with Crippen molar-refractivity contribution in [3.8, 4) is 5.69 Å². The lowest BCUT2D eigenvalue weighted by Gasteiger charge is -2.23. The summed E-state index contributed by atoms with van der Waals surface area (Å²) in [4.78, 5) is 32.8. The third kappa shape index (κ3) is 4.10. The molecule has 6 nitrogen and oxygen atoms in total. The molecule has 5 rings (SSSR count). The number of ether oxygens (including phenoxy) is 1. The number of esters is 1. The van der Waals surface area contributed by atoms with E-state index in [4.69, 9.17) is 4.74 Å². The molecule has 1 aromatic carbocycles. The number of fused-ring (bicyclic) bond motifs is 1. The largest absolute Gasteiger partial charge is 0.463 e. The van der Waals surface area contributed by atoms with Crippen LogP contribution in [0.3, 0.4) is 0 Å². The monoisotopic (exact) mass is 517 g/mol. The van der Waals surface area contributed by atoms with Crippen LogP contribution in [0.15, 0.2) is 68.9 Å². The summed E-state index contributed by atoms with van der Waals surface area (Å²) < 4.78 is 9.77. The van der Waals surface area contributed by atoms with Gasteiger partial charge in [0.1, 0.15) is 6.04 Å². The highest BCUT2D eigenvalue weighted by Crippen LogP contribution is 2.33.